The predicted molar refractivity (Wildman–Crippen MR) is 80.5 cm³/mol. The maximum atomic E-state index is 6.14. The van der Waals surface area contributed by atoms with E-state index in [1.807, 2.05) is 18.2 Å². The number of rotatable bonds is 7. The Bertz CT molecular complexity index is 367. The van der Waals surface area contributed by atoms with E-state index in [1.165, 1.54) is 0 Å². The zero-order chi connectivity index (χ0) is 13.5. The van der Waals surface area contributed by atoms with Crippen molar-refractivity contribution in [2.24, 2.45) is 5.92 Å². The van der Waals surface area contributed by atoms with Crippen LogP contribution in [0.3, 0.4) is 0 Å². The minimum atomic E-state index is 0.692. The van der Waals surface area contributed by atoms with Gasteiger partial charge in [0.25, 0.3) is 0 Å². The maximum absolute atomic E-state index is 6.14. The summed E-state index contributed by atoms with van der Waals surface area (Å²) in [5, 5.41) is 4.94. The highest BCUT2D eigenvalue weighted by atomic mass is 35.5. The molecule has 18 heavy (non-hydrogen) atoms. The molecule has 0 aliphatic carbocycles. The molecule has 2 nitrogen and oxygen atoms in total. The number of halogens is 2. The van der Waals surface area contributed by atoms with Crippen molar-refractivity contribution in [3.63, 3.8) is 0 Å². The molecule has 0 unspecified atom stereocenters. The van der Waals surface area contributed by atoms with Gasteiger partial charge in [-0.2, -0.15) is 0 Å². The van der Waals surface area contributed by atoms with Gasteiger partial charge in [-0.25, -0.2) is 0 Å². The van der Waals surface area contributed by atoms with Crippen molar-refractivity contribution in [3.05, 3.63) is 33.8 Å². The molecule has 0 fully saturated rings. The van der Waals surface area contributed by atoms with E-state index >= 15 is 0 Å². The van der Waals surface area contributed by atoms with Crippen LogP contribution in [-0.2, 0) is 6.54 Å². The summed E-state index contributed by atoms with van der Waals surface area (Å²) in [6, 6.07) is 5.60. The van der Waals surface area contributed by atoms with Gasteiger partial charge in [-0.05, 0) is 43.3 Å². The third-order valence-electron chi connectivity index (χ3n) is 2.67. The Morgan fingerprint density at radius 2 is 2.00 bits per heavy atom. The van der Waals surface area contributed by atoms with Crippen LogP contribution in [0.1, 0.15) is 19.4 Å². The number of benzene rings is 1. The molecule has 0 aliphatic heterocycles. The van der Waals surface area contributed by atoms with Gasteiger partial charge in [0.15, 0.2) is 0 Å². The minimum absolute atomic E-state index is 0.692. The number of likely N-dealkylation sites (N-methyl/N-ethyl adjacent to an activating group) is 1. The Morgan fingerprint density at radius 1 is 1.28 bits per heavy atom. The Kier molecular flexibility index (Phi) is 7.02. The van der Waals surface area contributed by atoms with Crippen molar-refractivity contribution >= 4 is 23.2 Å². The van der Waals surface area contributed by atoms with Gasteiger partial charge >= 0.3 is 0 Å². The molecule has 0 heterocycles. The fraction of sp³-hybridized carbons (Fsp3) is 0.571. The first-order valence-electron chi connectivity index (χ1n) is 6.32. The first-order valence-corrected chi connectivity index (χ1v) is 7.08. The highest BCUT2D eigenvalue weighted by Gasteiger charge is 2.05. The normalized spacial score (nSPS) is 11.5. The number of hydrogen-bond donors (Lipinski definition) is 1. The minimum Gasteiger partial charge on any atom is -0.315 e. The highest BCUT2D eigenvalue weighted by molar-refractivity contribution is 6.33. The summed E-state index contributed by atoms with van der Waals surface area (Å²) >= 11 is 12.1. The van der Waals surface area contributed by atoms with Crippen molar-refractivity contribution in [1.82, 2.24) is 10.2 Å². The van der Waals surface area contributed by atoms with Crippen LogP contribution in [0.4, 0.5) is 0 Å². The van der Waals surface area contributed by atoms with Crippen LogP contribution in [0.15, 0.2) is 18.2 Å². The van der Waals surface area contributed by atoms with E-state index < -0.39 is 0 Å². The van der Waals surface area contributed by atoms with Gasteiger partial charge in [-0.15, -0.1) is 0 Å². The van der Waals surface area contributed by atoms with Gasteiger partial charge in [-0.3, -0.25) is 0 Å². The smallest absolute Gasteiger partial charge is 0.0452 e. The molecule has 0 saturated heterocycles. The fourth-order valence-corrected chi connectivity index (χ4v) is 2.07. The Balaban J connectivity index is 2.35. The Labute approximate surface area is 120 Å². The van der Waals surface area contributed by atoms with Crippen molar-refractivity contribution in [3.8, 4) is 0 Å². The lowest BCUT2D eigenvalue weighted by atomic mass is 10.2. The van der Waals surface area contributed by atoms with Gasteiger partial charge in [-0.1, -0.05) is 37.0 Å². The second kappa shape index (κ2) is 8.00. The summed E-state index contributed by atoms with van der Waals surface area (Å²) in [6.45, 7) is 8.29. The molecule has 0 spiro atoms. The Hall–Kier alpha value is -0.280. The first kappa shape index (κ1) is 15.8. The first-order chi connectivity index (χ1) is 8.49. The lowest BCUT2D eigenvalue weighted by Gasteiger charge is -2.18. The number of nitrogens with zero attached hydrogens (tertiary/aromatic N) is 1. The topological polar surface area (TPSA) is 15.3 Å². The molecule has 4 heteroatoms. The second-order valence-corrected chi connectivity index (χ2v) is 5.92. The summed E-state index contributed by atoms with van der Waals surface area (Å²) < 4.78 is 0. The number of hydrogen-bond acceptors (Lipinski definition) is 2. The monoisotopic (exact) mass is 288 g/mol. The summed E-state index contributed by atoms with van der Waals surface area (Å²) in [7, 11) is 2.09. The van der Waals surface area contributed by atoms with Crippen LogP contribution >= 0.6 is 23.2 Å². The van der Waals surface area contributed by atoms with Crippen LogP contribution in [0, 0.1) is 5.92 Å². The molecule has 0 saturated carbocycles. The molecular weight excluding hydrogens is 267 g/mol. The van der Waals surface area contributed by atoms with Crippen LogP contribution in [-0.4, -0.2) is 31.6 Å². The van der Waals surface area contributed by atoms with Gasteiger partial charge in [0, 0.05) is 29.7 Å². The van der Waals surface area contributed by atoms with Crippen LogP contribution in [0.5, 0.6) is 0 Å². The van der Waals surface area contributed by atoms with Gasteiger partial charge < -0.3 is 10.2 Å². The molecule has 1 aromatic rings. The molecule has 0 radical (unpaired) electrons. The molecule has 1 aromatic carbocycles. The largest absolute Gasteiger partial charge is 0.315 e. The average Bonchev–Trinajstić information content (AvgIpc) is 2.29. The molecule has 0 atom stereocenters. The molecule has 1 rings (SSSR count). The zero-order valence-electron chi connectivity index (χ0n) is 11.3. The summed E-state index contributed by atoms with van der Waals surface area (Å²) in [6.07, 6.45) is 0. The quantitative estimate of drug-likeness (QED) is 0.770. The number of nitrogens with one attached hydrogen (secondary N) is 1. The van der Waals surface area contributed by atoms with E-state index in [-0.39, 0.29) is 0 Å². The average molecular weight is 289 g/mol. The molecule has 1 N–H and O–H groups in total. The van der Waals surface area contributed by atoms with E-state index in [0.717, 1.165) is 41.8 Å². The summed E-state index contributed by atoms with van der Waals surface area (Å²) in [4.78, 5) is 2.24. The lowest BCUT2D eigenvalue weighted by Crippen LogP contribution is -2.30. The molecule has 102 valence electrons. The molecule has 0 bridgehead atoms. The van der Waals surface area contributed by atoms with Crippen molar-refractivity contribution in [1.29, 1.82) is 0 Å². The molecule has 0 aromatic heterocycles. The maximum Gasteiger partial charge on any atom is 0.0452 e. The van der Waals surface area contributed by atoms with Crippen molar-refractivity contribution in [2.45, 2.75) is 20.4 Å². The van der Waals surface area contributed by atoms with Crippen LogP contribution < -0.4 is 5.32 Å². The zero-order valence-corrected chi connectivity index (χ0v) is 12.9. The van der Waals surface area contributed by atoms with Crippen LogP contribution in [0.25, 0.3) is 0 Å². The predicted octanol–water partition coefficient (Wildman–Crippen LogP) is 3.67. The van der Waals surface area contributed by atoms with E-state index in [1.54, 1.807) is 0 Å². The summed E-state index contributed by atoms with van der Waals surface area (Å²) in [5.74, 6) is 0.692. The van der Waals surface area contributed by atoms with Crippen molar-refractivity contribution < 1.29 is 0 Å². The standard InChI is InChI=1S/C14H22Cl2N2/c1-11(2)9-17-6-7-18(3)10-12-8-13(15)4-5-14(12)16/h4-5,8,11,17H,6-7,9-10H2,1-3H3. The van der Waals surface area contributed by atoms with E-state index in [9.17, 15) is 0 Å². The SMILES string of the molecule is CC(C)CNCCN(C)Cc1cc(Cl)ccc1Cl. The fourth-order valence-electron chi connectivity index (χ4n) is 1.69. The second-order valence-electron chi connectivity index (χ2n) is 5.07. The third kappa shape index (κ3) is 6.05. The third-order valence-corrected chi connectivity index (χ3v) is 3.27. The van der Waals surface area contributed by atoms with Gasteiger partial charge in [0.1, 0.15) is 0 Å². The van der Waals surface area contributed by atoms with E-state index in [2.05, 4.69) is 31.1 Å². The van der Waals surface area contributed by atoms with Crippen LogP contribution in [0.2, 0.25) is 10.0 Å². The molecule has 0 amide bonds. The van der Waals surface area contributed by atoms with E-state index in [4.69, 9.17) is 23.2 Å². The molecule has 0 aliphatic rings. The van der Waals surface area contributed by atoms with Gasteiger partial charge in [0.05, 0.1) is 0 Å². The van der Waals surface area contributed by atoms with Gasteiger partial charge in [0.2, 0.25) is 0 Å². The Morgan fingerprint density at radius 3 is 2.67 bits per heavy atom. The van der Waals surface area contributed by atoms with E-state index in [0.29, 0.717) is 5.92 Å². The summed E-state index contributed by atoms with van der Waals surface area (Å²) in [5.41, 5.74) is 1.08. The highest BCUT2D eigenvalue weighted by Crippen LogP contribution is 2.21. The lowest BCUT2D eigenvalue weighted by molar-refractivity contribution is 0.322. The van der Waals surface area contributed by atoms with Crippen molar-refractivity contribution in [2.75, 3.05) is 26.7 Å². The molecular formula is C14H22Cl2N2.